The molecule has 0 saturated heterocycles. The first-order valence-corrected chi connectivity index (χ1v) is 7.58. The van der Waals surface area contributed by atoms with Gasteiger partial charge in [-0.1, -0.05) is 32.9 Å². The number of allylic oxidation sites excluding steroid dienone is 2. The van der Waals surface area contributed by atoms with E-state index in [1.54, 1.807) is 0 Å². The molecule has 0 radical (unpaired) electrons. The minimum Gasteiger partial charge on any atom is -0.364 e. The zero-order valence-corrected chi connectivity index (χ0v) is 11.9. The summed E-state index contributed by atoms with van der Waals surface area (Å²) >= 11 is 1.99. The summed E-state index contributed by atoms with van der Waals surface area (Å²) in [4.78, 5) is 0. The molecule has 1 heterocycles. The van der Waals surface area contributed by atoms with Gasteiger partial charge in [-0.05, 0) is 43.8 Å². The maximum atomic E-state index is 6.19. The first kappa shape index (κ1) is 14.1. The van der Waals surface area contributed by atoms with Crippen LogP contribution in [0.3, 0.4) is 0 Å². The zero-order chi connectivity index (χ0) is 12.0. The lowest BCUT2D eigenvalue weighted by Crippen LogP contribution is -2.26. The van der Waals surface area contributed by atoms with Crippen molar-refractivity contribution in [1.29, 1.82) is 0 Å². The van der Waals surface area contributed by atoms with E-state index in [1.807, 2.05) is 11.8 Å². The Morgan fingerprint density at radius 1 is 1.25 bits per heavy atom. The van der Waals surface area contributed by atoms with Gasteiger partial charge in [0.25, 0.3) is 0 Å². The monoisotopic (exact) mass is 242 g/mol. The summed E-state index contributed by atoms with van der Waals surface area (Å²) in [6, 6.07) is 0. The van der Waals surface area contributed by atoms with Crippen LogP contribution in [0, 0.1) is 11.8 Å². The van der Waals surface area contributed by atoms with Crippen molar-refractivity contribution in [2.75, 3.05) is 5.75 Å². The molecule has 3 atom stereocenters. The Morgan fingerprint density at radius 3 is 2.69 bits per heavy atom. The summed E-state index contributed by atoms with van der Waals surface area (Å²) < 4.78 is 6.19. The zero-order valence-electron chi connectivity index (χ0n) is 11.1. The van der Waals surface area contributed by atoms with E-state index in [2.05, 4.69) is 39.8 Å². The van der Waals surface area contributed by atoms with Gasteiger partial charge in [0.05, 0.1) is 6.10 Å². The molecule has 0 aliphatic carbocycles. The van der Waals surface area contributed by atoms with Crippen molar-refractivity contribution in [2.24, 2.45) is 11.8 Å². The Labute approximate surface area is 105 Å². The second kappa shape index (κ2) is 7.39. The van der Waals surface area contributed by atoms with Crippen LogP contribution >= 0.6 is 11.8 Å². The van der Waals surface area contributed by atoms with Crippen molar-refractivity contribution in [2.45, 2.75) is 58.5 Å². The quantitative estimate of drug-likeness (QED) is 0.627. The van der Waals surface area contributed by atoms with Gasteiger partial charge in [-0.3, -0.25) is 0 Å². The first-order chi connectivity index (χ1) is 7.61. The molecule has 0 aromatic carbocycles. The molecular weight excluding hydrogens is 216 g/mol. The van der Waals surface area contributed by atoms with Crippen molar-refractivity contribution in [3.05, 3.63) is 12.2 Å². The molecule has 16 heavy (non-hydrogen) atoms. The van der Waals surface area contributed by atoms with Gasteiger partial charge < -0.3 is 4.74 Å². The normalized spacial score (nSPS) is 35.7. The lowest BCUT2D eigenvalue weighted by molar-refractivity contribution is -0.00358. The molecule has 94 valence electrons. The van der Waals surface area contributed by atoms with Crippen molar-refractivity contribution in [3.63, 3.8) is 0 Å². The van der Waals surface area contributed by atoms with E-state index in [0.29, 0.717) is 23.4 Å². The van der Waals surface area contributed by atoms with Gasteiger partial charge in [-0.15, -0.1) is 11.8 Å². The highest BCUT2D eigenvalue weighted by Gasteiger charge is 2.20. The molecule has 0 spiro atoms. The molecule has 0 bridgehead atoms. The molecular formula is C14H26OS. The molecule has 1 aliphatic rings. The Kier molecular flexibility index (Phi) is 6.52. The van der Waals surface area contributed by atoms with E-state index in [9.17, 15) is 0 Å². The lowest BCUT2D eigenvalue weighted by atomic mass is 10.0. The highest BCUT2D eigenvalue weighted by molar-refractivity contribution is 7.99. The van der Waals surface area contributed by atoms with E-state index in [0.717, 1.165) is 6.42 Å². The molecule has 0 aromatic rings. The van der Waals surface area contributed by atoms with Crippen LogP contribution in [0.15, 0.2) is 12.2 Å². The highest BCUT2D eigenvalue weighted by Crippen LogP contribution is 2.27. The van der Waals surface area contributed by atoms with Gasteiger partial charge in [0.2, 0.25) is 0 Å². The minimum absolute atomic E-state index is 0.364. The van der Waals surface area contributed by atoms with Gasteiger partial charge in [0, 0.05) is 0 Å². The number of ether oxygens (including phenoxy) is 1. The van der Waals surface area contributed by atoms with E-state index < -0.39 is 0 Å². The summed E-state index contributed by atoms with van der Waals surface area (Å²) in [5.41, 5.74) is 0.371. The molecule has 0 aromatic heterocycles. The van der Waals surface area contributed by atoms with E-state index in [-0.39, 0.29) is 0 Å². The van der Waals surface area contributed by atoms with Crippen molar-refractivity contribution < 1.29 is 4.74 Å². The topological polar surface area (TPSA) is 9.23 Å². The average molecular weight is 242 g/mol. The molecule has 0 amide bonds. The third kappa shape index (κ3) is 4.92. The molecule has 0 N–H and O–H groups in total. The molecule has 3 unspecified atom stereocenters. The Morgan fingerprint density at radius 2 is 2.00 bits per heavy atom. The number of thioether (sulfide) groups is 1. The fourth-order valence-electron chi connectivity index (χ4n) is 1.76. The summed E-state index contributed by atoms with van der Waals surface area (Å²) in [6.45, 7) is 9.02. The van der Waals surface area contributed by atoms with Gasteiger partial charge in [0.15, 0.2) is 0 Å². The molecule has 2 heteroatoms. The number of rotatable bonds is 1. The molecule has 1 aliphatic heterocycles. The fraction of sp³-hybridized carbons (Fsp3) is 0.857. The largest absolute Gasteiger partial charge is 0.364 e. The van der Waals surface area contributed by atoms with Gasteiger partial charge in [0.1, 0.15) is 5.44 Å². The van der Waals surface area contributed by atoms with Crippen LogP contribution in [-0.4, -0.2) is 17.3 Å². The minimum atomic E-state index is 0.364. The first-order valence-electron chi connectivity index (χ1n) is 6.53. The summed E-state index contributed by atoms with van der Waals surface area (Å²) in [7, 11) is 0. The van der Waals surface area contributed by atoms with Crippen molar-refractivity contribution >= 4 is 11.8 Å². The highest BCUT2D eigenvalue weighted by atomic mass is 32.2. The Balaban J connectivity index is 2.57. The third-order valence-electron chi connectivity index (χ3n) is 3.17. The smallest absolute Gasteiger partial charge is 0.105 e. The lowest BCUT2D eigenvalue weighted by Gasteiger charge is -2.27. The summed E-state index contributed by atoms with van der Waals surface area (Å²) in [5, 5.41) is 0. The second-order valence-electron chi connectivity index (χ2n) is 5.15. The summed E-state index contributed by atoms with van der Waals surface area (Å²) in [5.74, 6) is 2.44. The Bertz CT molecular complexity index is 213. The second-order valence-corrected chi connectivity index (χ2v) is 6.36. The van der Waals surface area contributed by atoms with Crippen LogP contribution in [-0.2, 0) is 4.74 Å². The summed E-state index contributed by atoms with van der Waals surface area (Å²) in [6.07, 6.45) is 8.67. The van der Waals surface area contributed by atoms with E-state index in [1.165, 1.54) is 18.6 Å². The molecule has 0 saturated carbocycles. The fourth-order valence-corrected chi connectivity index (χ4v) is 2.96. The maximum absolute atomic E-state index is 6.19. The predicted octanol–water partition coefficient (Wildman–Crippen LogP) is 4.48. The molecule has 0 fully saturated rings. The van der Waals surface area contributed by atoms with Crippen LogP contribution in [0.2, 0.25) is 0 Å². The molecule has 1 nitrogen and oxygen atoms in total. The van der Waals surface area contributed by atoms with Crippen LogP contribution in [0.5, 0.6) is 0 Å². The molecule has 1 rings (SSSR count). The predicted molar refractivity (Wildman–Crippen MR) is 73.8 cm³/mol. The van der Waals surface area contributed by atoms with Crippen LogP contribution < -0.4 is 0 Å². The van der Waals surface area contributed by atoms with Crippen molar-refractivity contribution in [3.8, 4) is 0 Å². The van der Waals surface area contributed by atoms with E-state index in [4.69, 9.17) is 4.74 Å². The SMILES string of the molecule is CC(C)C1OC(C)C(C)C/C=C\CCCS1. The third-order valence-corrected chi connectivity index (χ3v) is 4.67. The maximum Gasteiger partial charge on any atom is 0.105 e. The standard InChI is InChI=1S/C14H26OS/c1-11(2)14-15-13(4)12(3)9-7-5-6-8-10-16-14/h5,7,11-14H,6,8-10H2,1-4H3/b7-5-. The van der Waals surface area contributed by atoms with Gasteiger partial charge >= 0.3 is 0 Å². The number of hydrogen-bond donors (Lipinski definition) is 0. The van der Waals surface area contributed by atoms with Crippen molar-refractivity contribution in [1.82, 2.24) is 0 Å². The van der Waals surface area contributed by atoms with Crippen LogP contribution in [0.1, 0.15) is 47.0 Å². The van der Waals surface area contributed by atoms with Gasteiger partial charge in [-0.2, -0.15) is 0 Å². The Hall–Kier alpha value is 0.0500. The average Bonchev–Trinajstić information content (AvgIpc) is 2.27. The number of hydrogen-bond acceptors (Lipinski definition) is 2. The van der Waals surface area contributed by atoms with Crippen LogP contribution in [0.4, 0.5) is 0 Å². The van der Waals surface area contributed by atoms with Gasteiger partial charge in [-0.25, -0.2) is 0 Å². The van der Waals surface area contributed by atoms with Crippen LogP contribution in [0.25, 0.3) is 0 Å². The van der Waals surface area contributed by atoms with E-state index >= 15 is 0 Å².